The number of hydrogen-bond acceptors (Lipinski definition) is 5. The third kappa shape index (κ3) is 3.10. The van der Waals surface area contributed by atoms with Crippen molar-refractivity contribution in [2.24, 2.45) is 0 Å². The van der Waals surface area contributed by atoms with Crippen molar-refractivity contribution in [2.75, 3.05) is 0 Å². The van der Waals surface area contributed by atoms with Crippen LogP contribution in [0.1, 0.15) is 31.4 Å². The van der Waals surface area contributed by atoms with Gasteiger partial charge in [0.05, 0.1) is 6.10 Å². The second-order valence-corrected chi connectivity index (χ2v) is 6.22. The molecular weight excluding hydrogens is 266 g/mol. The first-order valence-electron chi connectivity index (χ1n) is 6.10. The summed E-state index contributed by atoms with van der Waals surface area (Å²) >= 11 is 0. The maximum atomic E-state index is 12.2. The summed E-state index contributed by atoms with van der Waals surface area (Å²) in [6.45, 7) is 0. The first kappa shape index (κ1) is 13.9. The van der Waals surface area contributed by atoms with E-state index in [2.05, 4.69) is 9.71 Å². The predicted octanol–water partition coefficient (Wildman–Crippen LogP) is 0.535. The quantitative estimate of drug-likeness (QED) is 0.841. The molecule has 102 valence electrons. The highest BCUT2D eigenvalue weighted by atomic mass is 32.2. The molecule has 0 saturated heterocycles. The Morgan fingerprint density at radius 3 is 2.84 bits per heavy atom. The number of sulfonamides is 1. The van der Waals surface area contributed by atoms with Crippen molar-refractivity contribution < 1.29 is 13.5 Å². The SMILES string of the molecule is N#Cc1ncccc1S(=O)(=O)N[C@@H]1CCCC[C@H]1O. The van der Waals surface area contributed by atoms with Gasteiger partial charge in [0, 0.05) is 12.2 Å². The van der Waals surface area contributed by atoms with Crippen LogP contribution in [0.3, 0.4) is 0 Å². The number of aliphatic hydroxyl groups is 1. The molecule has 19 heavy (non-hydrogen) atoms. The molecule has 0 bridgehead atoms. The average Bonchev–Trinajstić information content (AvgIpc) is 2.41. The minimum Gasteiger partial charge on any atom is -0.391 e. The van der Waals surface area contributed by atoms with E-state index >= 15 is 0 Å². The van der Waals surface area contributed by atoms with Crippen LogP contribution in [-0.2, 0) is 10.0 Å². The zero-order valence-electron chi connectivity index (χ0n) is 10.3. The van der Waals surface area contributed by atoms with Crippen molar-refractivity contribution in [3.63, 3.8) is 0 Å². The maximum Gasteiger partial charge on any atom is 0.243 e. The van der Waals surface area contributed by atoms with E-state index in [1.165, 1.54) is 18.3 Å². The molecule has 2 N–H and O–H groups in total. The number of aliphatic hydroxyl groups excluding tert-OH is 1. The number of pyridine rings is 1. The molecule has 1 aromatic heterocycles. The molecule has 1 fully saturated rings. The van der Waals surface area contributed by atoms with Gasteiger partial charge < -0.3 is 5.11 Å². The normalized spacial score (nSPS) is 23.8. The second-order valence-electron chi connectivity index (χ2n) is 4.54. The van der Waals surface area contributed by atoms with Gasteiger partial charge in [0.15, 0.2) is 5.69 Å². The Hall–Kier alpha value is -1.49. The smallest absolute Gasteiger partial charge is 0.243 e. The van der Waals surface area contributed by atoms with E-state index in [0.717, 1.165) is 12.8 Å². The fourth-order valence-corrected chi connectivity index (χ4v) is 3.61. The molecule has 0 aromatic carbocycles. The highest BCUT2D eigenvalue weighted by molar-refractivity contribution is 7.89. The molecule has 1 aromatic rings. The molecule has 1 heterocycles. The summed E-state index contributed by atoms with van der Waals surface area (Å²) in [5, 5.41) is 18.7. The van der Waals surface area contributed by atoms with Gasteiger partial charge in [-0.3, -0.25) is 0 Å². The lowest BCUT2D eigenvalue weighted by atomic mass is 9.93. The predicted molar refractivity (Wildman–Crippen MR) is 67.5 cm³/mol. The second kappa shape index (κ2) is 5.65. The van der Waals surface area contributed by atoms with Gasteiger partial charge in [0.25, 0.3) is 0 Å². The van der Waals surface area contributed by atoms with Gasteiger partial charge in [-0.05, 0) is 25.0 Å². The van der Waals surface area contributed by atoms with E-state index in [1.54, 1.807) is 6.07 Å². The zero-order chi connectivity index (χ0) is 13.9. The summed E-state index contributed by atoms with van der Waals surface area (Å²) in [4.78, 5) is 3.59. The lowest BCUT2D eigenvalue weighted by molar-refractivity contribution is 0.101. The van der Waals surface area contributed by atoms with E-state index < -0.39 is 22.2 Å². The third-order valence-electron chi connectivity index (χ3n) is 3.20. The van der Waals surface area contributed by atoms with Crippen molar-refractivity contribution in [1.29, 1.82) is 5.26 Å². The molecule has 0 amide bonds. The van der Waals surface area contributed by atoms with Crippen LogP contribution >= 0.6 is 0 Å². The molecule has 0 radical (unpaired) electrons. The van der Waals surface area contributed by atoms with Crippen molar-refractivity contribution in [2.45, 2.75) is 42.7 Å². The van der Waals surface area contributed by atoms with Crippen molar-refractivity contribution in [3.8, 4) is 6.07 Å². The number of nitriles is 1. The van der Waals surface area contributed by atoms with Crippen LogP contribution in [0.15, 0.2) is 23.2 Å². The van der Waals surface area contributed by atoms with E-state index in [4.69, 9.17) is 5.26 Å². The largest absolute Gasteiger partial charge is 0.391 e. The van der Waals surface area contributed by atoms with Crippen LogP contribution in [0.25, 0.3) is 0 Å². The van der Waals surface area contributed by atoms with Crippen molar-refractivity contribution >= 4 is 10.0 Å². The first-order valence-corrected chi connectivity index (χ1v) is 7.58. The molecule has 1 aliphatic rings. The van der Waals surface area contributed by atoms with Crippen LogP contribution in [0.2, 0.25) is 0 Å². The van der Waals surface area contributed by atoms with Gasteiger partial charge >= 0.3 is 0 Å². The monoisotopic (exact) mass is 281 g/mol. The van der Waals surface area contributed by atoms with Gasteiger partial charge in [-0.2, -0.15) is 5.26 Å². The Morgan fingerprint density at radius 1 is 1.42 bits per heavy atom. The summed E-state index contributed by atoms with van der Waals surface area (Å²) in [6.07, 6.45) is 3.66. The van der Waals surface area contributed by atoms with Crippen LogP contribution in [0, 0.1) is 11.3 Å². The van der Waals surface area contributed by atoms with E-state index in [0.29, 0.717) is 12.8 Å². The molecule has 1 saturated carbocycles. The molecule has 2 rings (SSSR count). The average molecular weight is 281 g/mol. The van der Waals surface area contributed by atoms with E-state index in [1.807, 2.05) is 0 Å². The number of rotatable bonds is 3. The van der Waals surface area contributed by atoms with Gasteiger partial charge in [-0.15, -0.1) is 0 Å². The summed E-state index contributed by atoms with van der Waals surface area (Å²) in [5.41, 5.74) is -0.139. The number of nitrogens with one attached hydrogen (secondary N) is 1. The molecule has 0 spiro atoms. The fraction of sp³-hybridized carbons (Fsp3) is 0.500. The first-order chi connectivity index (χ1) is 9.04. The van der Waals surface area contributed by atoms with Gasteiger partial charge in [-0.25, -0.2) is 18.1 Å². The highest BCUT2D eigenvalue weighted by Crippen LogP contribution is 2.21. The lowest BCUT2D eigenvalue weighted by Gasteiger charge is -2.28. The van der Waals surface area contributed by atoms with Crippen molar-refractivity contribution in [3.05, 3.63) is 24.0 Å². The number of aromatic nitrogens is 1. The van der Waals surface area contributed by atoms with Gasteiger partial charge in [0.2, 0.25) is 10.0 Å². The highest BCUT2D eigenvalue weighted by Gasteiger charge is 2.29. The summed E-state index contributed by atoms with van der Waals surface area (Å²) < 4.78 is 26.9. The Bertz CT molecular complexity index is 594. The molecule has 6 nitrogen and oxygen atoms in total. The number of hydrogen-bond donors (Lipinski definition) is 2. The molecular formula is C12H15N3O3S. The van der Waals surface area contributed by atoms with E-state index in [-0.39, 0.29) is 10.6 Å². The van der Waals surface area contributed by atoms with Gasteiger partial charge in [0.1, 0.15) is 11.0 Å². The Labute approximate surface area is 112 Å². The summed E-state index contributed by atoms with van der Waals surface area (Å²) in [5.74, 6) is 0. The summed E-state index contributed by atoms with van der Waals surface area (Å²) in [7, 11) is -3.83. The van der Waals surface area contributed by atoms with Crippen LogP contribution in [0.5, 0.6) is 0 Å². The lowest BCUT2D eigenvalue weighted by Crippen LogP contribution is -2.45. The third-order valence-corrected chi connectivity index (χ3v) is 4.72. The Balaban J connectivity index is 2.25. The number of nitrogens with zero attached hydrogens (tertiary/aromatic N) is 2. The molecule has 2 atom stereocenters. The molecule has 1 aliphatic carbocycles. The van der Waals surface area contributed by atoms with Crippen LogP contribution < -0.4 is 4.72 Å². The van der Waals surface area contributed by atoms with Crippen molar-refractivity contribution in [1.82, 2.24) is 9.71 Å². The Morgan fingerprint density at radius 2 is 2.16 bits per heavy atom. The van der Waals surface area contributed by atoms with Gasteiger partial charge in [-0.1, -0.05) is 12.8 Å². The molecule has 0 unspecified atom stereocenters. The molecule has 0 aliphatic heterocycles. The zero-order valence-corrected chi connectivity index (χ0v) is 11.1. The minimum absolute atomic E-state index is 0.139. The fourth-order valence-electron chi connectivity index (χ4n) is 2.20. The van der Waals surface area contributed by atoms with E-state index in [9.17, 15) is 13.5 Å². The molecule has 7 heteroatoms. The topological polar surface area (TPSA) is 103 Å². The summed E-state index contributed by atoms with van der Waals surface area (Å²) in [6, 6.07) is 4.06. The maximum absolute atomic E-state index is 12.2. The Kier molecular flexibility index (Phi) is 4.14. The van der Waals surface area contributed by atoms with Crippen LogP contribution in [-0.4, -0.2) is 30.7 Å². The van der Waals surface area contributed by atoms with Crippen LogP contribution in [0.4, 0.5) is 0 Å². The standard InChI is InChI=1S/C12H15N3O3S/c13-8-10-12(6-3-7-14-10)19(17,18)15-9-4-1-2-5-11(9)16/h3,6-7,9,11,15-16H,1-2,4-5H2/t9-,11-/m1/s1. The minimum atomic E-state index is -3.83.